The smallest absolute Gasteiger partial charge is 0.217 e. The number of pyridine rings is 1. The van der Waals surface area contributed by atoms with Crippen LogP contribution >= 0.6 is 0 Å². The molecule has 1 aliphatic rings. The first-order valence-corrected chi connectivity index (χ1v) is 13.0. The monoisotopic (exact) mass is 484 g/mol. The molecule has 5 rings (SSSR count). The number of nitrogens with one attached hydrogen (secondary N) is 1. The van der Waals surface area contributed by atoms with E-state index in [9.17, 15) is 4.79 Å². The molecule has 3 aromatic heterocycles. The van der Waals surface area contributed by atoms with Crippen LogP contribution in [0.2, 0.25) is 0 Å². The van der Waals surface area contributed by atoms with Crippen LogP contribution in [-0.4, -0.2) is 46.2 Å². The molecule has 1 saturated carbocycles. The van der Waals surface area contributed by atoms with Gasteiger partial charge in [0.1, 0.15) is 5.82 Å². The first-order valence-electron chi connectivity index (χ1n) is 13.0. The lowest BCUT2D eigenvalue weighted by Gasteiger charge is -2.18. The van der Waals surface area contributed by atoms with E-state index in [1.807, 2.05) is 16.9 Å². The molecule has 9 nitrogen and oxygen atoms in total. The molecule has 36 heavy (non-hydrogen) atoms. The zero-order valence-corrected chi connectivity index (χ0v) is 20.7. The van der Waals surface area contributed by atoms with Crippen LogP contribution in [-0.2, 0) is 13.0 Å². The fourth-order valence-corrected chi connectivity index (χ4v) is 4.93. The highest BCUT2D eigenvalue weighted by Gasteiger charge is 2.26. The Morgan fingerprint density at radius 1 is 1.06 bits per heavy atom. The van der Waals surface area contributed by atoms with E-state index in [1.165, 1.54) is 6.42 Å². The van der Waals surface area contributed by atoms with Crippen LogP contribution in [0.3, 0.4) is 0 Å². The summed E-state index contributed by atoms with van der Waals surface area (Å²) in [7, 11) is 0. The Labute approximate surface area is 210 Å². The van der Waals surface area contributed by atoms with Gasteiger partial charge in [-0.1, -0.05) is 63.3 Å². The highest BCUT2D eigenvalue weighted by molar-refractivity contribution is 5.94. The van der Waals surface area contributed by atoms with E-state index in [0.717, 1.165) is 79.4 Å². The summed E-state index contributed by atoms with van der Waals surface area (Å²) in [5, 5.41) is 19.1. The van der Waals surface area contributed by atoms with Gasteiger partial charge in [-0.2, -0.15) is 5.21 Å². The number of aromatic nitrogens is 8. The number of tetrazole rings is 1. The maximum absolute atomic E-state index is 13.1. The predicted molar refractivity (Wildman–Crippen MR) is 136 cm³/mol. The van der Waals surface area contributed by atoms with Gasteiger partial charge in [-0.05, 0) is 41.7 Å². The number of nitrogens with zero attached hydrogens (tertiary/aromatic N) is 7. The Morgan fingerprint density at radius 2 is 1.89 bits per heavy atom. The lowest BCUT2D eigenvalue weighted by molar-refractivity contribution is 0.0878. The summed E-state index contributed by atoms with van der Waals surface area (Å²) in [6.07, 6.45) is 13.1. The van der Waals surface area contributed by atoms with Crippen LogP contribution in [0, 0.1) is 5.92 Å². The van der Waals surface area contributed by atoms with Gasteiger partial charge in [-0.15, -0.1) is 15.3 Å². The summed E-state index contributed by atoms with van der Waals surface area (Å²) in [4.78, 5) is 22.1. The Bertz CT molecular complexity index is 1270. The summed E-state index contributed by atoms with van der Waals surface area (Å²) in [5.74, 6) is 2.02. The molecule has 0 atom stereocenters. The Kier molecular flexibility index (Phi) is 7.54. The first-order chi connectivity index (χ1) is 17.7. The van der Waals surface area contributed by atoms with Gasteiger partial charge in [-0.25, -0.2) is 9.67 Å². The van der Waals surface area contributed by atoms with Gasteiger partial charge < -0.3 is 0 Å². The summed E-state index contributed by atoms with van der Waals surface area (Å²) in [5.41, 5.74) is 3.92. The molecule has 1 N–H and O–H groups in total. The van der Waals surface area contributed by atoms with Crippen LogP contribution in [0.1, 0.15) is 80.3 Å². The molecule has 0 unspecified atom stereocenters. The van der Waals surface area contributed by atoms with Gasteiger partial charge in [0.2, 0.25) is 17.4 Å². The van der Waals surface area contributed by atoms with Crippen molar-refractivity contribution in [2.45, 2.75) is 71.3 Å². The fraction of sp³-hybridized carbons (Fsp3) is 0.444. The largest absolute Gasteiger partial charge is 0.290 e. The quantitative estimate of drug-likeness (QED) is 0.247. The number of Topliss-reactive ketones (excluding diaryl/α,β-unsaturated/α-hetero) is 1. The van der Waals surface area contributed by atoms with E-state index >= 15 is 0 Å². The second-order valence-electron chi connectivity index (χ2n) is 9.52. The standard InChI is InChI=1S/C27H32N8O/c1-2-3-5-10-24-29-27(25(36)21-8-6-4-7-9-21)32-35(24)18-19-11-13-20(14-12-19)23-17-28-16-15-22(23)26-30-33-34-31-26/h11-17,21H,2-10,18H2,1H3,(H,30,31,33,34). The molecule has 0 bridgehead atoms. The molecule has 186 valence electrons. The summed E-state index contributed by atoms with van der Waals surface area (Å²) in [6.45, 7) is 2.77. The third-order valence-corrected chi connectivity index (χ3v) is 6.95. The summed E-state index contributed by atoms with van der Waals surface area (Å²) >= 11 is 0. The summed E-state index contributed by atoms with van der Waals surface area (Å²) in [6, 6.07) is 10.2. The average molecular weight is 485 g/mol. The molecular weight excluding hydrogens is 452 g/mol. The van der Waals surface area contributed by atoms with Crippen molar-refractivity contribution in [3.8, 4) is 22.5 Å². The number of hydrogen-bond donors (Lipinski definition) is 1. The van der Waals surface area contributed by atoms with Crippen molar-refractivity contribution in [1.29, 1.82) is 0 Å². The van der Waals surface area contributed by atoms with Crippen LogP contribution in [0.5, 0.6) is 0 Å². The van der Waals surface area contributed by atoms with Crippen molar-refractivity contribution in [3.63, 3.8) is 0 Å². The van der Waals surface area contributed by atoms with Gasteiger partial charge in [0.25, 0.3) is 0 Å². The molecule has 9 heteroatoms. The van der Waals surface area contributed by atoms with Gasteiger partial charge in [0, 0.05) is 35.9 Å². The lowest BCUT2D eigenvalue weighted by Crippen LogP contribution is -2.19. The van der Waals surface area contributed by atoms with Crippen LogP contribution in [0.15, 0.2) is 42.7 Å². The zero-order valence-electron chi connectivity index (χ0n) is 20.7. The topological polar surface area (TPSA) is 115 Å². The van der Waals surface area contributed by atoms with Gasteiger partial charge >= 0.3 is 0 Å². The third-order valence-electron chi connectivity index (χ3n) is 6.95. The molecule has 4 aromatic rings. The number of aromatic amines is 1. The maximum Gasteiger partial charge on any atom is 0.217 e. The fourth-order valence-electron chi connectivity index (χ4n) is 4.93. The molecule has 0 saturated heterocycles. The Hall–Kier alpha value is -3.75. The number of H-pyrrole nitrogens is 1. The van der Waals surface area contributed by atoms with Gasteiger partial charge in [0.05, 0.1) is 6.54 Å². The molecule has 0 spiro atoms. The zero-order chi connectivity index (χ0) is 24.7. The van der Waals surface area contributed by atoms with E-state index in [-0.39, 0.29) is 11.7 Å². The van der Waals surface area contributed by atoms with E-state index < -0.39 is 0 Å². The number of hydrogen-bond acceptors (Lipinski definition) is 7. The molecule has 0 radical (unpaired) electrons. The first kappa shape index (κ1) is 24.0. The highest BCUT2D eigenvalue weighted by Crippen LogP contribution is 2.29. The van der Waals surface area contributed by atoms with Gasteiger partial charge in [-0.3, -0.25) is 9.78 Å². The van der Waals surface area contributed by atoms with E-state index in [4.69, 9.17) is 10.1 Å². The molecule has 0 amide bonds. The van der Waals surface area contributed by atoms with E-state index in [1.54, 1.807) is 6.20 Å². The van der Waals surface area contributed by atoms with Crippen molar-refractivity contribution in [2.24, 2.45) is 5.92 Å². The van der Waals surface area contributed by atoms with Crippen molar-refractivity contribution < 1.29 is 4.79 Å². The number of aryl methyl sites for hydroxylation is 1. The van der Waals surface area contributed by atoms with Crippen molar-refractivity contribution in [3.05, 3.63) is 59.9 Å². The molecule has 1 fully saturated rings. The molecule has 3 heterocycles. The molecule has 0 aliphatic heterocycles. The second kappa shape index (κ2) is 11.3. The van der Waals surface area contributed by atoms with Gasteiger partial charge in [0.15, 0.2) is 0 Å². The number of carbonyl (C=O) groups excluding carboxylic acids is 1. The molecular formula is C27H32N8O. The van der Waals surface area contributed by atoms with Crippen LogP contribution < -0.4 is 0 Å². The number of ketones is 1. The SMILES string of the molecule is CCCCCc1nc(C(=O)C2CCCCC2)nn1Cc1ccc(-c2cnccc2-c2nn[nH]n2)cc1. The van der Waals surface area contributed by atoms with E-state index in [2.05, 4.69) is 56.8 Å². The minimum absolute atomic E-state index is 0.0743. The minimum atomic E-state index is 0.0743. The van der Waals surface area contributed by atoms with Crippen molar-refractivity contribution >= 4 is 5.78 Å². The average Bonchev–Trinajstić information content (AvgIpc) is 3.60. The lowest BCUT2D eigenvalue weighted by atomic mass is 9.86. The predicted octanol–water partition coefficient (Wildman–Crippen LogP) is 5.06. The Balaban J connectivity index is 1.37. The number of rotatable bonds is 10. The maximum atomic E-state index is 13.1. The van der Waals surface area contributed by atoms with Crippen molar-refractivity contribution in [2.75, 3.05) is 0 Å². The van der Waals surface area contributed by atoms with Crippen LogP contribution in [0.25, 0.3) is 22.5 Å². The van der Waals surface area contributed by atoms with Crippen LogP contribution in [0.4, 0.5) is 0 Å². The Morgan fingerprint density at radius 3 is 2.64 bits per heavy atom. The number of carbonyl (C=O) groups is 1. The molecule has 1 aliphatic carbocycles. The number of benzene rings is 1. The second-order valence-corrected chi connectivity index (χ2v) is 9.52. The van der Waals surface area contributed by atoms with Crippen molar-refractivity contribution in [1.82, 2.24) is 40.4 Å². The normalized spacial score (nSPS) is 14.2. The van der Waals surface area contributed by atoms with E-state index in [0.29, 0.717) is 18.2 Å². The number of unbranched alkanes of at least 4 members (excludes halogenated alkanes) is 2. The summed E-state index contributed by atoms with van der Waals surface area (Å²) < 4.78 is 1.93. The third kappa shape index (κ3) is 5.40. The highest BCUT2D eigenvalue weighted by atomic mass is 16.1. The minimum Gasteiger partial charge on any atom is -0.290 e. The molecule has 1 aromatic carbocycles.